The highest BCUT2D eigenvalue weighted by Crippen LogP contribution is 2.37. The molecule has 4 rings (SSSR count). The quantitative estimate of drug-likeness (QED) is 0.840. The monoisotopic (exact) mass is 335 g/mol. The van der Waals surface area contributed by atoms with Crippen LogP contribution in [0.4, 0.5) is 4.39 Å². The van der Waals surface area contributed by atoms with Crippen molar-refractivity contribution in [3.63, 3.8) is 0 Å². The van der Waals surface area contributed by atoms with Crippen molar-refractivity contribution in [2.24, 2.45) is 5.41 Å². The number of benzene rings is 1. The third kappa shape index (κ3) is 2.28. The van der Waals surface area contributed by atoms with Gasteiger partial charge in [-0.05, 0) is 24.6 Å². The summed E-state index contributed by atoms with van der Waals surface area (Å²) < 4.78 is 13.5. The molecule has 2 aliphatic heterocycles. The average Bonchev–Trinajstić information content (AvgIpc) is 3.22. The summed E-state index contributed by atoms with van der Waals surface area (Å²) in [5, 5.41) is 3.36. The van der Waals surface area contributed by atoms with Crippen LogP contribution >= 0.6 is 11.6 Å². The first-order chi connectivity index (χ1) is 11.0. The van der Waals surface area contributed by atoms with Crippen LogP contribution in [-0.4, -0.2) is 41.3 Å². The van der Waals surface area contributed by atoms with Gasteiger partial charge in [-0.2, -0.15) is 0 Å². The minimum Gasteiger partial charge on any atom is -0.355 e. The molecular formula is C16H15ClFN3O2. The predicted octanol–water partition coefficient (Wildman–Crippen LogP) is 2.31. The van der Waals surface area contributed by atoms with Gasteiger partial charge in [0.1, 0.15) is 11.5 Å². The number of H-pyrrole nitrogens is 1. The highest BCUT2D eigenvalue weighted by molar-refractivity contribution is 6.35. The first kappa shape index (κ1) is 14.5. The van der Waals surface area contributed by atoms with Crippen molar-refractivity contribution in [2.75, 3.05) is 19.6 Å². The van der Waals surface area contributed by atoms with E-state index in [1.54, 1.807) is 17.0 Å². The highest BCUT2D eigenvalue weighted by Gasteiger charge is 2.45. The van der Waals surface area contributed by atoms with E-state index in [0.717, 1.165) is 6.42 Å². The molecule has 0 aliphatic carbocycles. The number of hydrogen-bond acceptors (Lipinski definition) is 2. The maximum Gasteiger partial charge on any atom is 0.270 e. The molecule has 2 fully saturated rings. The van der Waals surface area contributed by atoms with Gasteiger partial charge < -0.3 is 15.2 Å². The van der Waals surface area contributed by atoms with Crippen LogP contribution in [0.1, 0.15) is 23.3 Å². The first-order valence-electron chi connectivity index (χ1n) is 7.50. The van der Waals surface area contributed by atoms with Gasteiger partial charge in [0.05, 0.1) is 5.02 Å². The van der Waals surface area contributed by atoms with Crippen molar-refractivity contribution in [3.8, 4) is 0 Å². The maximum atomic E-state index is 13.5. The molecule has 7 heteroatoms. The van der Waals surface area contributed by atoms with Gasteiger partial charge in [0.25, 0.3) is 5.91 Å². The number of carbonyl (C=O) groups is 2. The summed E-state index contributed by atoms with van der Waals surface area (Å²) in [7, 11) is 0. The highest BCUT2D eigenvalue weighted by atomic mass is 35.5. The second-order valence-electron chi connectivity index (χ2n) is 6.44. The summed E-state index contributed by atoms with van der Waals surface area (Å²) in [5.41, 5.74) is 0.885. The number of nitrogens with zero attached hydrogens (tertiary/aromatic N) is 1. The average molecular weight is 336 g/mol. The second-order valence-corrected chi connectivity index (χ2v) is 6.81. The molecule has 1 aromatic heterocycles. The van der Waals surface area contributed by atoms with Crippen LogP contribution in [0.15, 0.2) is 18.2 Å². The van der Waals surface area contributed by atoms with Crippen LogP contribution in [0, 0.1) is 11.2 Å². The third-order valence-electron chi connectivity index (χ3n) is 4.84. The van der Waals surface area contributed by atoms with Gasteiger partial charge >= 0.3 is 0 Å². The Morgan fingerprint density at radius 1 is 1.39 bits per heavy atom. The molecule has 1 spiro atoms. The number of halogens is 2. The SMILES string of the molecule is O=C1CC2(CCN(C(=O)c3cc4c(Cl)c(F)ccc4[nH]3)C2)CN1. The second kappa shape index (κ2) is 4.96. The Bertz CT molecular complexity index is 834. The fraction of sp³-hybridized carbons (Fsp3) is 0.375. The lowest BCUT2D eigenvalue weighted by Gasteiger charge is -2.21. The van der Waals surface area contributed by atoms with Gasteiger partial charge in [0.15, 0.2) is 0 Å². The zero-order valence-electron chi connectivity index (χ0n) is 12.3. The molecule has 23 heavy (non-hydrogen) atoms. The van der Waals surface area contributed by atoms with Crippen LogP contribution in [0.3, 0.4) is 0 Å². The van der Waals surface area contributed by atoms with Gasteiger partial charge in [-0.25, -0.2) is 4.39 Å². The van der Waals surface area contributed by atoms with E-state index in [0.29, 0.717) is 42.7 Å². The minimum atomic E-state index is -0.507. The van der Waals surface area contributed by atoms with Crippen LogP contribution in [-0.2, 0) is 4.79 Å². The number of carbonyl (C=O) groups excluding carboxylic acids is 2. The first-order valence-corrected chi connectivity index (χ1v) is 7.88. The lowest BCUT2D eigenvalue weighted by molar-refractivity contribution is -0.119. The molecule has 120 valence electrons. The zero-order valence-corrected chi connectivity index (χ0v) is 13.0. The lowest BCUT2D eigenvalue weighted by Crippen LogP contribution is -2.33. The molecule has 1 unspecified atom stereocenters. The van der Waals surface area contributed by atoms with E-state index in [1.807, 2.05) is 0 Å². The molecule has 0 bridgehead atoms. The number of amides is 2. The summed E-state index contributed by atoms with van der Waals surface area (Å²) in [4.78, 5) is 28.9. The summed E-state index contributed by atoms with van der Waals surface area (Å²) in [5.74, 6) is -0.603. The summed E-state index contributed by atoms with van der Waals surface area (Å²) in [6, 6.07) is 4.43. The maximum absolute atomic E-state index is 13.5. The Balaban J connectivity index is 1.60. The Hall–Kier alpha value is -2.08. The van der Waals surface area contributed by atoms with Crippen LogP contribution in [0.25, 0.3) is 10.9 Å². The van der Waals surface area contributed by atoms with Gasteiger partial charge in [0, 0.05) is 42.4 Å². The van der Waals surface area contributed by atoms with Gasteiger partial charge in [-0.3, -0.25) is 9.59 Å². The number of aromatic amines is 1. The Labute approximate surface area is 136 Å². The number of fused-ring (bicyclic) bond motifs is 1. The van der Waals surface area contributed by atoms with E-state index >= 15 is 0 Å². The lowest BCUT2D eigenvalue weighted by atomic mass is 9.86. The molecular weight excluding hydrogens is 321 g/mol. The zero-order chi connectivity index (χ0) is 16.2. The topological polar surface area (TPSA) is 65.2 Å². The molecule has 5 nitrogen and oxygen atoms in total. The van der Waals surface area contributed by atoms with Crippen molar-refractivity contribution in [2.45, 2.75) is 12.8 Å². The molecule has 0 saturated carbocycles. The van der Waals surface area contributed by atoms with E-state index in [9.17, 15) is 14.0 Å². The standard InChI is InChI=1S/C16H15ClFN3O2/c17-14-9-5-12(20-11(9)2-1-10(14)18)15(23)21-4-3-16(8-21)6-13(22)19-7-16/h1-2,5,20H,3-4,6-8H2,(H,19,22). The van der Waals surface area contributed by atoms with Gasteiger partial charge in [0.2, 0.25) is 5.91 Å². The largest absolute Gasteiger partial charge is 0.355 e. The molecule has 1 aromatic carbocycles. The van der Waals surface area contributed by atoms with E-state index in [1.165, 1.54) is 6.07 Å². The van der Waals surface area contributed by atoms with Crippen molar-refractivity contribution in [1.29, 1.82) is 0 Å². The van der Waals surface area contributed by atoms with Crippen molar-refractivity contribution < 1.29 is 14.0 Å². The van der Waals surface area contributed by atoms with Crippen LogP contribution in [0.5, 0.6) is 0 Å². The fourth-order valence-corrected chi connectivity index (χ4v) is 3.80. The molecule has 2 amide bonds. The summed E-state index contributed by atoms with van der Waals surface area (Å²) in [6.07, 6.45) is 1.29. The Morgan fingerprint density at radius 3 is 2.96 bits per heavy atom. The number of aromatic nitrogens is 1. The smallest absolute Gasteiger partial charge is 0.270 e. The number of likely N-dealkylation sites (tertiary alicyclic amines) is 1. The summed E-state index contributed by atoms with van der Waals surface area (Å²) >= 11 is 5.95. The molecule has 0 radical (unpaired) electrons. The minimum absolute atomic E-state index is 0.0151. The normalized spacial score (nSPS) is 23.9. The third-order valence-corrected chi connectivity index (χ3v) is 5.23. The molecule has 2 aromatic rings. The molecule has 2 aliphatic rings. The summed E-state index contributed by atoms with van der Waals surface area (Å²) in [6.45, 7) is 1.80. The molecule has 3 heterocycles. The van der Waals surface area contributed by atoms with Gasteiger partial charge in [-0.15, -0.1) is 0 Å². The molecule has 2 saturated heterocycles. The van der Waals surface area contributed by atoms with Crippen molar-refractivity contribution in [3.05, 3.63) is 34.7 Å². The van der Waals surface area contributed by atoms with Crippen molar-refractivity contribution in [1.82, 2.24) is 15.2 Å². The van der Waals surface area contributed by atoms with E-state index in [2.05, 4.69) is 10.3 Å². The number of hydrogen-bond donors (Lipinski definition) is 2. The number of rotatable bonds is 1. The molecule has 2 N–H and O–H groups in total. The van der Waals surface area contributed by atoms with Crippen LogP contribution < -0.4 is 5.32 Å². The fourth-order valence-electron chi connectivity index (χ4n) is 3.58. The van der Waals surface area contributed by atoms with E-state index in [4.69, 9.17) is 11.6 Å². The van der Waals surface area contributed by atoms with E-state index in [-0.39, 0.29) is 22.3 Å². The Morgan fingerprint density at radius 2 is 2.22 bits per heavy atom. The predicted molar refractivity (Wildman–Crippen MR) is 83.8 cm³/mol. The van der Waals surface area contributed by atoms with Crippen molar-refractivity contribution >= 4 is 34.3 Å². The Kier molecular flexibility index (Phi) is 3.13. The number of nitrogens with one attached hydrogen (secondary N) is 2. The van der Waals surface area contributed by atoms with Crippen LogP contribution in [0.2, 0.25) is 5.02 Å². The molecule has 1 atom stereocenters. The van der Waals surface area contributed by atoms with E-state index < -0.39 is 5.82 Å². The van der Waals surface area contributed by atoms with Gasteiger partial charge in [-0.1, -0.05) is 11.6 Å².